The number of carboxylic acid groups (broad SMARTS) is 1. The lowest BCUT2D eigenvalue weighted by molar-refractivity contribution is 0.0681. The number of benzene rings is 3. The molecule has 49 heavy (non-hydrogen) atoms. The minimum absolute atomic E-state index is 0.289. The lowest BCUT2D eigenvalue weighted by Crippen LogP contribution is -2.53. The predicted octanol–water partition coefficient (Wildman–Crippen LogP) is 6.15. The van der Waals surface area contributed by atoms with Crippen molar-refractivity contribution in [3.63, 3.8) is 0 Å². The maximum absolute atomic E-state index is 13.8. The van der Waals surface area contributed by atoms with E-state index in [9.17, 15) is 14.3 Å². The Kier molecular flexibility index (Phi) is 9.66. The summed E-state index contributed by atoms with van der Waals surface area (Å²) in [6.45, 7) is 13.0. The molecule has 2 aromatic heterocycles. The molecule has 9 nitrogen and oxygen atoms in total. The van der Waals surface area contributed by atoms with Gasteiger partial charge in [0.05, 0.1) is 22.8 Å². The molecule has 0 radical (unpaired) electrons. The minimum atomic E-state index is -0.955. The summed E-state index contributed by atoms with van der Waals surface area (Å²) < 4.78 is 23.9. The van der Waals surface area contributed by atoms with Crippen LogP contribution in [0.5, 0.6) is 5.75 Å². The van der Waals surface area contributed by atoms with Crippen LogP contribution in [0.2, 0.25) is 5.02 Å². The molecular formula is C38H44ClFN6O3. The normalized spacial score (nSPS) is 16.1. The zero-order chi connectivity index (χ0) is 34.2. The number of nitrogens with zero attached hydrogens (tertiary/aromatic N) is 5. The fourth-order valence-corrected chi connectivity index (χ4v) is 7.90. The summed E-state index contributed by atoms with van der Waals surface area (Å²) in [6, 6.07) is 14.1. The van der Waals surface area contributed by atoms with Crippen molar-refractivity contribution in [1.82, 2.24) is 29.5 Å². The van der Waals surface area contributed by atoms with Crippen molar-refractivity contribution in [2.24, 2.45) is 13.0 Å². The van der Waals surface area contributed by atoms with Crippen molar-refractivity contribution in [1.29, 1.82) is 0 Å². The van der Waals surface area contributed by atoms with Gasteiger partial charge in [-0.05, 0) is 73.9 Å². The lowest BCUT2D eigenvalue weighted by Gasteiger charge is -2.38. The molecule has 0 amide bonds. The molecule has 2 N–H and O–H groups in total. The van der Waals surface area contributed by atoms with Crippen LogP contribution in [0.1, 0.15) is 33.9 Å². The molecule has 0 unspecified atom stereocenters. The Morgan fingerprint density at radius 2 is 1.78 bits per heavy atom. The van der Waals surface area contributed by atoms with Crippen molar-refractivity contribution >= 4 is 39.2 Å². The fraction of sp³-hybridized carbons (Fsp3) is 0.421. The molecule has 0 saturated carbocycles. The lowest BCUT2D eigenvalue weighted by atomic mass is 9.98. The Bertz CT molecular complexity index is 2010. The van der Waals surface area contributed by atoms with Gasteiger partial charge in [-0.1, -0.05) is 29.8 Å². The van der Waals surface area contributed by atoms with E-state index in [4.69, 9.17) is 16.3 Å². The van der Waals surface area contributed by atoms with Gasteiger partial charge in [0, 0.05) is 93.5 Å². The third-order valence-electron chi connectivity index (χ3n) is 10.4. The molecule has 2 fully saturated rings. The second-order valence-electron chi connectivity index (χ2n) is 13.5. The zero-order valence-electron chi connectivity index (χ0n) is 28.4. The monoisotopic (exact) mass is 686 g/mol. The number of aryl methyl sites for hydroxylation is 3. The van der Waals surface area contributed by atoms with Crippen molar-refractivity contribution in [3.8, 4) is 16.9 Å². The number of piperazine rings is 1. The van der Waals surface area contributed by atoms with E-state index < -0.39 is 5.97 Å². The maximum atomic E-state index is 13.8. The first kappa shape index (κ1) is 33.5. The SMILES string of the molecule is Cc1nn(C)c(C)c1-c1c(Cl)ccc2c(CCCOc3cccc4cc(F)ccc34)c(C(=O)O)n(CCN3CCN(CC4CNC4)CC3)c12. The van der Waals surface area contributed by atoms with Crippen LogP contribution in [0, 0.1) is 25.6 Å². The van der Waals surface area contributed by atoms with E-state index >= 15 is 0 Å². The van der Waals surface area contributed by atoms with Gasteiger partial charge in [-0.15, -0.1) is 0 Å². The number of rotatable bonds is 12. The average molecular weight is 687 g/mol. The Labute approximate surface area is 291 Å². The molecule has 258 valence electrons. The number of ether oxygens (including phenoxy) is 1. The first-order chi connectivity index (χ1) is 23.7. The van der Waals surface area contributed by atoms with Crippen LogP contribution in [0.4, 0.5) is 4.39 Å². The van der Waals surface area contributed by atoms with Crippen molar-refractivity contribution in [3.05, 3.63) is 82.0 Å². The quantitative estimate of drug-likeness (QED) is 0.152. The van der Waals surface area contributed by atoms with Gasteiger partial charge in [-0.25, -0.2) is 9.18 Å². The smallest absolute Gasteiger partial charge is 0.352 e. The van der Waals surface area contributed by atoms with Gasteiger partial charge >= 0.3 is 5.97 Å². The number of carbonyl (C=O) groups is 1. The Morgan fingerprint density at radius 1 is 1.02 bits per heavy atom. The number of nitrogens with one attached hydrogen (secondary N) is 1. The molecule has 7 rings (SSSR count). The molecule has 2 saturated heterocycles. The third kappa shape index (κ3) is 6.67. The molecular weight excluding hydrogens is 643 g/mol. The van der Waals surface area contributed by atoms with Crippen molar-refractivity contribution in [2.75, 3.05) is 59.0 Å². The van der Waals surface area contributed by atoms with E-state index in [0.717, 1.165) is 108 Å². The van der Waals surface area contributed by atoms with Crippen molar-refractivity contribution < 1.29 is 19.0 Å². The second-order valence-corrected chi connectivity index (χ2v) is 13.9. The average Bonchev–Trinajstić information content (AvgIpc) is 3.51. The summed E-state index contributed by atoms with van der Waals surface area (Å²) in [5, 5.41) is 21.9. The van der Waals surface area contributed by atoms with Gasteiger partial charge in [-0.2, -0.15) is 5.10 Å². The molecule has 3 aromatic carbocycles. The van der Waals surface area contributed by atoms with Crippen LogP contribution in [-0.4, -0.2) is 94.2 Å². The van der Waals surface area contributed by atoms with Gasteiger partial charge < -0.3 is 24.6 Å². The molecule has 5 aromatic rings. The minimum Gasteiger partial charge on any atom is -0.493 e. The van der Waals surface area contributed by atoms with Gasteiger partial charge in [0.1, 0.15) is 17.3 Å². The van der Waals surface area contributed by atoms with E-state index in [1.165, 1.54) is 12.1 Å². The van der Waals surface area contributed by atoms with Gasteiger partial charge in [0.15, 0.2) is 0 Å². The van der Waals surface area contributed by atoms with Crippen LogP contribution in [0.15, 0.2) is 48.5 Å². The van der Waals surface area contributed by atoms with Crippen LogP contribution in [0.25, 0.3) is 32.8 Å². The number of halogens is 2. The van der Waals surface area contributed by atoms with Crippen molar-refractivity contribution in [2.45, 2.75) is 33.2 Å². The number of aromatic nitrogens is 3. The molecule has 11 heteroatoms. The molecule has 2 aliphatic rings. The first-order valence-corrected chi connectivity index (χ1v) is 17.6. The second kappa shape index (κ2) is 14.1. The number of hydrogen-bond donors (Lipinski definition) is 2. The van der Waals surface area contributed by atoms with E-state index in [0.29, 0.717) is 42.5 Å². The number of fused-ring (bicyclic) bond motifs is 2. The van der Waals surface area contributed by atoms with Crippen LogP contribution < -0.4 is 10.1 Å². The first-order valence-electron chi connectivity index (χ1n) is 17.2. The Balaban J connectivity index is 1.20. The zero-order valence-corrected chi connectivity index (χ0v) is 29.2. The number of aromatic carboxylic acids is 1. The largest absolute Gasteiger partial charge is 0.493 e. The standard InChI is InChI=1S/C38H44ClFN6O3/c1-24-34(25(2)43(3)42-24)35-32(39)12-11-31-30(7-5-19-49-33-8-4-6-27-20-28(40)9-10-29(27)33)37(38(47)48)46(36(31)35)18-17-44-13-15-45(16-14-44)23-26-21-41-22-26/h4,6,8-12,20,26,41H,5,7,13-19,21-23H2,1-3H3,(H,47,48). The van der Waals surface area contributed by atoms with E-state index in [2.05, 4.69) is 20.2 Å². The highest BCUT2D eigenvalue weighted by atomic mass is 35.5. The van der Waals surface area contributed by atoms with Crippen LogP contribution in [0.3, 0.4) is 0 Å². The molecule has 0 spiro atoms. The highest BCUT2D eigenvalue weighted by Crippen LogP contribution is 2.42. The predicted molar refractivity (Wildman–Crippen MR) is 193 cm³/mol. The highest BCUT2D eigenvalue weighted by molar-refractivity contribution is 6.35. The topological polar surface area (TPSA) is 87.8 Å². The molecule has 4 heterocycles. The molecule has 2 aliphatic heterocycles. The van der Waals surface area contributed by atoms with Crippen LogP contribution in [-0.2, 0) is 20.0 Å². The summed E-state index contributed by atoms with van der Waals surface area (Å²) in [7, 11) is 1.92. The third-order valence-corrected chi connectivity index (χ3v) is 10.7. The Hall–Kier alpha value is -3.96. The Morgan fingerprint density at radius 3 is 2.47 bits per heavy atom. The van der Waals surface area contributed by atoms with Gasteiger partial charge in [0.25, 0.3) is 0 Å². The van der Waals surface area contributed by atoms with E-state index in [-0.39, 0.29) is 5.82 Å². The summed E-state index contributed by atoms with van der Waals surface area (Å²) in [6.07, 6.45) is 1.10. The fourth-order valence-electron chi connectivity index (χ4n) is 7.65. The molecule has 0 aliphatic carbocycles. The summed E-state index contributed by atoms with van der Waals surface area (Å²) in [5.41, 5.74) is 5.51. The molecule has 0 atom stereocenters. The van der Waals surface area contributed by atoms with E-state index in [1.807, 2.05) is 60.5 Å². The summed E-state index contributed by atoms with van der Waals surface area (Å²) >= 11 is 7.02. The number of hydrogen-bond acceptors (Lipinski definition) is 6. The van der Waals surface area contributed by atoms with Gasteiger partial charge in [0.2, 0.25) is 0 Å². The van der Waals surface area contributed by atoms with Gasteiger partial charge in [-0.3, -0.25) is 9.58 Å². The van der Waals surface area contributed by atoms with E-state index in [1.54, 1.807) is 6.07 Å². The molecule has 0 bridgehead atoms. The summed E-state index contributed by atoms with van der Waals surface area (Å²) in [4.78, 5) is 18.2. The maximum Gasteiger partial charge on any atom is 0.352 e. The van der Waals surface area contributed by atoms with Crippen LogP contribution >= 0.6 is 11.6 Å². The number of carboxylic acids is 1. The summed E-state index contributed by atoms with van der Waals surface area (Å²) in [5.74, 6) is 0.185. The highest BCUT2D eigenvalue weighted by Gasteiger charge is 2.29.